The molecule has 0 aliphatic rings. The fourth-order valence-electron chi connectivity index (χ4n) is 2.48. The smallest absolute Gasteiger partial charge is 0.369 e. The van der Waals surface area contributed by atoms with Crippen LogP contribution in [0.4, 0.5) is 17.5 Å². The van der Waals surface area contributed by atoms with Gasteiger partial charge in [0.1, 0.15) is 0 Å². The van der Waals surface area contributed by atoms with Gasteiger partial charge in [0.2, 0.25) is 11.8 Å². The highest BCUT2D eigenvalue weighted by Gasteiger charge is 2.22. The van der Waals surface area contributed by atoms with Crippen molar-refractivity contribution in [2.75, 3.05) is 17.6 Å². The summed E-state index contributed by atoms with van der Waals surface area (Å²) in [7, 11) is 0. The van der Waals surface area contributed by atoms with Gasteiger partial charge in [-0.15, -0.1) is 0 Å². The summed E-state index contributed by atoms with van der Waals surface area (Å²) in [6.45, 7) is 3.13. The number of H-pyrrole nitrogens is 1. The second-order valence-corrected chi connectivity index (χ2v) is 5.64. The molecule has 1 heterocycles. The Kier molecular flexibility index (Phi) is 6.47. The number of hydrogen-bond acceptors (Lipinski definition) is 7. The van der Waals surface area contributed by atoms with Crippen LogP contribution in [0.2, 0.25) is 0 Å². The molecule has 134 valence electrons. The van der Waals surface area contributed by atoms with E-state index in [-0.39, 0.29) is 17.8 Å². The van der Waals surface area contributed by atoms with Crippen LogP contribution >= 0.6 is 0 Å². The van der Waals surface area contributed by atoms with Gasteiger partial charge in [-0.2, -0.15) is 4.98 Å². The van der Waals surface area contributed by atoms with E-state index in [4.69, 9.17) is 5.73 Å². The second kappa shape index (κ2) is 8.78. The number of nitrogens with two attached hydrogens (primary N) is 1. The molecule has 2 rings (SSSR count). The van der Waals surface area contributed by atoms with Crippen molar-refractivity contribution < 1.29 is 4.92 Å². The van der Waals surface area contributed by atoms with Gasteiger partial charge >= 0.3 is 11.2 Å². The molecule has 1 atom stereocenters. The minimum absolute atomic E-state index is 0.0622. The number of anilines is 2. The number of aromatic amines is 1. The quantitative estimate of drug-likeness (QED) is 0.400. The first-order valence-electron chi connectivity index (χ1n) is 8.06. The molecule has 0 saturated carbocycles. The Morgan fingerprint density at radius 1 is 1.36 bits per heavy atom. The van der Waals surface area contributed by atoms with E-state index in [9.17, 15) is 14.9 Å². The van der Waals surface area contributed by atoms with Crippen LogP contribution in [0.3, 0.4) is 0 Å². The van der Waals surface area contributed by atoms with Gasteiger partial charge in [-0.3, -0.25) is 19.9 Å². The molecule has 0 amide bonds. The lowest BCUT2D eigenvalue weighted by Gasteiger charge is -2.19. The normalized spacial score (nSPS) is 11.9. The Balaban J connectivity index is 2.06. The zero-order chi connectivity index (χ0) is 18.2. The molecule has 0 fully saturated rings. The molecule has 0 saturated heterocycles. The molecular weight excluding hydrogens is 324 g/mol. The van der Waals surface area contributed by atoms with E-state index in [2.05, 4.69) is 27.5 Å². The molecule has 9 nitrogen and oxygen atoms in total. The van der Waals surface area contributed by atoms with E-state index in [1.54, 1.807) is 0 Å². The molecule has 0 aliphatic carbocycles. The fourth-order valence-corrected chi connectivity index (χ4v) is 2.48. The minimum atomic E-state index is -0.871. The average Bonchev–Trinajstić information content (AvgIpc) is 2.57. The van der Waals surface area contributed by atoms with Crippen molar-refractivity contribution in [1.29, 1.82) is 0 Å². The number of hydrogen-bond donors (Lipinski definition) is 4. The maximum Gasteiger partial charge on any atom is 0.375 e. The Hall–Kier alpha value is -2.94. The van der Waals surface area contributed by atoms with Gasteiger partial charge in [0.05, 0.1) is 4.92 Å². The topological polar surface area (TPSA) is 139 Å². The number of nitrogens with zero attached hydrogens (tertiary/aromatic N) is 2. The first-order chi connectivity index (χ1) is 12.0. The van der Waals surface area contributed by atoms with Crippen molar-refractivity contribution in [3.63, 3.8) is 0 Å². The molecule has 5 N–H and O–H groups in total. The standard InChI is InChI=1S/C16H22N6O3/c1-2-6-12(18-9-11-7-4-3-5-8-11)10-19-14-13(22(24)25)15(23)21-16(17)20-14/h3-5,7-8,12,18H,2,6,9-10H2,1H3,(H4,17,19,20,21,23)/t12-/m0/s1. The van der Waals surface area contributed by atoms with Gasteiger partial charge in [-0.05, 0) is 12.0 Å². The van der Waals surface area contributed by atoms with Gasteiger partial charge in [0.15, 0.2) is 0 Å². The number of aromatic nitrogens is 2. The first-order valence-corrected chi connectivity index (χ1v) is 8.06. The first kappa shape index (κ1) is 18.4. The average molecular weight is 346 g/mol. The molecular formula is C16H22N6O3. The van der Waals surface area contributed by atoms with E-state index >= 15 is 0 Å². The Labute approximate surface area is 144 Å². The predicted octanol–water partition coefficient (Wildman–Crippen LogP) is 1.63. The fraction of sp³-hybridized carbons (Fsp3) is 0.375. The van der Waals surface area contributed by atoms with Crippen molar-refractivity contribution in [3.8, 4) is 0 Å². The molecule has 1 aromatic carbocycles. The number of nitrogens with one attached hydrogen (secondary N) is 3. The Morgan fingerprint density at radius 3 is 2.72 bits per heavy atom. The van der Waals surface area contributed by atoms with Crippen molar-refractivity contribution in [2.24, 2.45) is 0 Å². The minimum Gasteiger partial charge on any atom is -0.369 e. The summed E-state index contributed by atoms with van der Waals surface area (Å²) in [6.07, 6.45) is 1.81. The summed E-state index contributed by atoms with van der Waals surface area (Å²) in [5.41, 5.74) is 5.13. The maximum absolute atomic E-state index is 11.7. The Morgan fingerprint density at radius 2 is 2.08 bits per heavy atom. The van der Waals surface area contributed by atoms with E-state index in [1.165, 1.54) is 0 Å². The van der Waals surface area contributed by atoms with Crippen molar-refractivity contribution >= 4 is 17.5 Å². The summed E-state index contributed by atoms with van der Waals surface area (Å²) in [6, 6.07) is 10.00. The van der Waals surface area contributed by atoms with Gasteiger partial charge < -0.3 is 16.4 Å². The van der Waals surface area contributed by atoms with Gasteiger partial charge in [-0.1, -0.05) is 43.7 Å². The molecule has 25 heavy (non-hydrogen) atoms. The number of rotatable bonds is 9. The zero-order valence-corrected chi connectivity index (χ0v) is 14.0. The van der Waals surface area contributed by atoms with Crippen molar-refractivity contribution in [3.05, 3.63) is 56.4 Å². The second-order valence-electron chi connectivity index (χ2n) is 5.64. The predicted molar refractivity (Wildman–Crippen MR) is 96.4 cm³/mol. The van der Waals surface area contributed by atoms with Crippen molar-refractivity contribution in [1.82, 2.24) is 15.3 Å². The largest absolute Gasteiger partial charge is 0.375 e. The third kappa shape index (κ3) is 5.28. The molecule has 2 aromatic rings. The number of nitro groups is 1. The number of benzene rings is 1. The molecule has 0 unspecified atom stereocenters. The van der Waals surface area contributed by atoms with E-state index in [0.717, 1.165) is 18.4 Å². The van der Waals surface area contributed by atoms with Crippen LogP contribution in [0.1, 0.15) is 25.3 Å². The summed E-state index contributed by atoms with van der Waals surface area (Å²) >= 11 is 0. The van der Waals surface area contributed by atoms with Gasteiger partial charge in [0, 0.05) is 19.1 Å². The van der Waals surface area contributed by atoms with Crippen LogP contribution in [-0.4, -0.2) is 27.5 Å². The monoisotopic (exact) mass is 346 g/mol. The van der Waals surface area contributed by atoms with Gasteiger partial charge in [0.25, 0.3) is 0 Å². The maximum atomic E-state index is 11.7. The van der Waals surface area contributed by atoms with Crippen LogP contribution in [0, 0.1) is 10.1 Å². The highest BCUT2D eigenvalue weighted by Crippen LogP contribution is 2.17. The molecule has 0 aliphatic heterocycles. The van der Waals surface area contributed by atoms with Crippen LogP contribution in [0.15, 0.2) is 35.1 Å². The molecule has 0 radical (unpaired) electrons. The molecule has 1 aromatic heterocycles. The van der Waals surface area contributed by atoms with Crippen LogP contribution in [0.25, 0.3) is 0 Å². The zero-order valence-electron chi connectivity index (χ0n) is 14.0. The summed E-state index contributed by atoms with van der Waals surface area (Å²) in [5, 5.41) is 17.4. The van der Waals surface area contributed by atoms with Crippen LogP contribution in [0.5, 0.6) is 0 Å². The van der Waals surface area contributed by atoms with Crippen LogP contribution in [-0.2, 0) is 6.54 Å². The lowest BCUT2D eigenvalue weighted by Crippen LogP contribution is -2.35. The third-order valence-corrected chi connectivity index (χ3v) is 3.69. The lowest BCUT2D eigenvalue weighted by atomic mass is 10.1. The molecule has 9 heteroatoms. The summed E-state index contributed by atoms with van der Waals surface area (Å²) in [5.74, 6) is -0.281. The highest BCUT2D eigenvalue weighted by atomic mass is 16.6. The van der Waals surface area contributed by atoms with Crippen molar-refractivity contribution in [2.45, 2.75) is 32.4 Å². The SMILES string of the molecule is CCC[C@@H](CNc1nc(N)[nH]c(=O)c1[N+](=O)[O-])NCc1ccccc1. The van der Waals surface area contributed by atoms with E-state index in [1.807, 2.05) is 30.3 Å². The van der Waals surface area contributed by atoms with E-state index < -0.39 is 16.2 Å². The number of nitrogen functional groups attached to an aromatic ring is 1. The summed E-state index contributed by atoms with van der Waals surface area (Å²) < 4.78 is 0. The lowest BCUT2D eigenvalue weighted by molar-refractivity contribution is -0.385. The Bertz CT molecular complexity index is 762. The van der Waals surface area contributed by atoms with Gasteiger partial charge in [-0.25, -0.2) is 0 Å². The molecule has 0 bridgehead atoms. The highest BCUT2D eigenvalue weighted by molar-refractivity contribution is 5.56. The third-order valence-electron chi connectivity index (χ3n) is 3.69. The van der Waals surface area contributed by atoms with E-state index in [0.29, 0.717) is 13.1 Å². The molecule has 0 spiro atoms. The van der Waals surface area contributed by atoms with Crippen LogP contribution < -0.4 is 21.9 Å². The summed E-state index contributed by atoms with van der Waals surface area (Å²) in [4.78, 5) is 28.0.